The molecule has 1 atom stereocenters. The topological polar surface area (TPSA) is 67.1 Å². The Labute approximate surface area is 155 Å². The quantitative estimate of drug-likeness (QED) is 0.749. The predicted octanol–water partition coefficient (Wildman–Crippen LogP) is 3.46. The maximum Gasteiger partial charge on any atom is 0.274 e. The summed E-state index contributed by atoms with van der Waals surface area (Å²) in [5.74, 6) is 0.401. The van der Waals surface area contributed by atoms with E-state index < -0.39 is 0 Å². The molecule has 0 spiro atoms. The lowest BCUT2D eigenvalue weighted by Gasteiger charge is -2.35. The predicted molar refractivity (Wildman–Crippen MR) is 98.0 cm³/mol. The van der Waals surface area contributed by atoms with E-state index in [9.17, 15) is 9.90 Å². The summed E-state index contributed by atoms with van der Waals surface area (Å²) in [6.07, 6.45) is 2.35. The number of ether oxygens (including phenoxy) is 1. The van der Waals surface area contributed by atoms with Gasteiger partial charge >= 0.3 is 0 Å². The van der Waals surface area contributed by atoms with Gasteiger partial charge in [-0.15, -0.1) is 0 Å². The highest BCUT2D eigenvalue weighted by molar-refractivity contribution is 6.30. The molecule has 26 heavy (non-hydrogen) atoms. The van der Waals surface area contributed by atoms with Gasteiger partial charge in [0.05, 0.1) is 23.7 Å². The van der Waals surface area contributed by atoms with Crippen LogP contribution in [0.1, 0.15) is 34.6 Å². The van der Waals surface area contributed by atoms with Gasteiger partial charge in [-0.3, -0.25) is 4.79 Å². The summed E-state index contributed by atoms with van der Waals surface area (Å²) in [5, 5.41) is 14.9. The fourth-order valence-corrected chi connectivity index (χ4v) is 3.64. The average molecular weight is 372 g/mol. The molecule has 6 nitrogen and oxygen atoms in total. The minimum Gasteiger partial charge on any atom is -0.504 e. The highest BCUT2D eigenvalue weighted by Gasteiger charge is 2.30. The fraction of sp³-hybridized carbons (Fsp3) is 0.263. The Kier molecular flexibility index (Phi) is 4.00. The second-order valence-electron chi connectivity index (χ2n) is 6.39. The summed E-state index contributed by atoms with van der Waals surface area (Å²) in [7, 11) is 1.51. The van der Waals surface area contributed by atoms with Gasteiger partial charge in [-0.25, -0.2) is 4.52 Å². The largest absolute Gasteiger partial charge is 0.504 e. The van der Waals surface area contributed by atoms with E-state index in [-0.39, 0.29) is 17.7 Å². The zero-order valence-electron chi connectivity index (χ0n) is 14.4. The molecule has 0 fully saturated rings. The summed E-state index contributed by atoms with van der Waals surface area (Å²) < 4.78 is 6.82. The van der Waals surface area contributed by atoms with E-state index >= 15 is 0 Å². The maximum absolute atomic E-state index is 13.0. The van der Waals surface area contributed by atoms with Crippen molar-refractivity contribution < 1.29 is 14.6 Å². The number of hydrogen-bond acceptors (Lipinski definition) is 4. The van der Waals surface area contributed by atoms with E-state index in [0.29, 0.717) is 29.4 Å². The van der Waals surface area contributed by atoms with Gasteiger partial charge in [-0.05, 0) is 54.8 Å². The molecule has 7 heteroatoms. The number of phenolic OH excluding ortho intramolecular Hbond substituents is 1. The molecule has 0 saturated heterocycles. The van der Waals surface area contributed by atoms with Gasteiger partial charge in [0, 0.05) is 12.7 Å². The number of halogens is 1. The van der Waals surface area contributed by atoms with Gasteiger partial charge in [-0.1, -0.05) is 11.6 Å². The molecule has 1 unspecified atom stereocenters. The van der Waals surface area contributed by atoms with Crippen molar-refractivity contribution in [2.75, 3.05) is 13.7 Å². The molecule has 0 radical (unpaired) electrons. The third-order valence-electron chi connectivity index (χ3n) is 4.88. The number of benzene rings is 1. The zero-order valence-corrected chi connectivity index (χ0v) is 15.2. The SMILES string of the molecule is COc1cc2c(cc1O)CCN(C(=O)c1cc3ccc(Cl)cn3n1)C2C. The second-order valence-corrected chi connectivity index (χ2v) is 6.83. The van der Waals surface area contributed by atoms with E-state index in [1.54, 1.807) is 39.9 Å². The average Bonchev–Trinajstić information content (AvgIpc) is 3.04. The van der Waals surface area contributed by atoms with Crippen LogP contribution in [0.15, 0.2) is 36.5 Å². The van der Waals surface area contributed by atoms with Crippen LogP contribution in [0.2, 0.25) is 5.02 Å². The summed E-state index contributed by atoms with van der Waals surface area (Å²) in [6, 6.07) is 8.74. The minimum atomic E-state index is -0.144. The molecule has 1 N–H and O–H groups in total. The third kappa shape index (κ3) is 2.66. The molecule has 3 heterocycles. The zero-order chi connectivity index (χ0) is 18.4. The van der Waals surface area contributed by atoms with Crippen LogP contribution in [0, 0.1) is 0 Å². The number of phenols is 1. The Morgan fingerprint density at radius 1 is 1.35 bits per heavy atom. The Bertz CT molecular complexity index is 1010. The number of carbonyl (C=O) groups excluding carboxylic acids is 1. The van der Waals surface area contributed by atoms with Gasteiger partial charge in [0.25, 0.3) is 5.91 Å². The molecule has 1 aromatic carbocycles. The summed E-state index contributed by atoms with van der Waals surface area (Å²) in [6.45, 7) is 2.53. The molecule has 1 aliphatic heterocycles. The smallest absolute Gasteiger partial charge is 0.274 e. The van der Waals surface area contributed by atoms with Crippen LogP contribution in [0.4, 0.5) is 0 Å². The number of hydrogen-bond donors (Lipinski definition) is 1. The van der Waals surface area contributed by atoms with E-state index in [1.165, 1.54) is 7.11 Å². The first kappa shape index (κ1) is 16.7. The highest BCUT2D eigenvalue weighted by atomic mass is 35.5. The summed E-state index contributed by atoms with van der Waals surface area (Å²) in [4.78, 5) is 14.8. The fourth-order valence-electron chi connectivity index (χ4n) is 3.49. The van der Waals surface area contributed by atoms with Crippen LogP contribution in [-0.2, 0) is 6.42 Å². The second kappa shape index (κ2) is 6.21. The molecular formula is C19H18ClN3O3. The first-order chi connectivity index (χ1) is 12.5. The van der Waals surface area contributed by atoms with Gasteiger partial charge in [0.1, 0.15) is 0 Å². The van der Waals surface area contributed by atoms with Crippen molar-refractivity contribution in [1.82, 2.24) is 14.5 Å². The Balaban J connectivity index is 1.68. The van der Waals surface area contributed by atoms with E-state index in [2.05, 4.69) is 5.10 Å². The standard InChI is InChI=1S/C19H18ClN3O3/c1-11-15-9-18(26-2)17(24)7-12(15)5-6-22(11)19(25)16-8-14-4-3-13(20)10-23(14)21-16/h3-4,7-11,24H,5-6H2,1-2H3. The number of nitrogens with zero attached hydrogens (tertiary/aromatic N) is 3. The number of fused-ring (bicyclic) bond motifs is 2. The van der Waals surface area contributed by atoms with Crippen LogP contribution in [0.5, 0.6) is 11.5 Å². The lowest BCUT2D eigenvalue weighted by atomic mass is 9.92. The van der Waals surface area contributed by atoms with Crippen molar-refractivity contribution in [2.24, 2.45) is 0 Å². The van der Waals surface area contributed by atoms with Crippen molar-refractivity contribution in [3.05, 3.63) is 58.4 Å². The van der Waals surface area contributed by atoms with E-state index in [1.807, 2.05) is 13.0 Å². The van der Waals surface area contributed by atoms with Gasteiger partial charge < -0.3 is 14.7 Å². The maximum atomic E-state index is 13.0. The molecule has 0 bridgehead atoms. The number of rotatable bonds is 2. The number of pyridine rings is 1. The molecule has 4 rings (SSSR count). The van der Waals surface area contributed by atoms with Crippen LogP contribution >= 0.6 is 11.6 Å². The lowest BCUT2D eigenvalue weighted by Crippen LogP contribution is -2.39. The van der Waals surface area contributed by atoms with Crippen molar-refractivity contribution in [3.63, 3.8) is 0 Å². The Hall–Kier alpha value is -2.73. The Morgan fingerprint density at radius 2 is 2.15 bits per heavy atom. The number of aromatic hydroxyl groups is 1. The summed E-state index contributed by atoms with van der Waals surface area (Å²) in [5.41, 5.74) is 3.20. The van der Waals surface area contributed by atoms with Crippen LogP contribution in [0.3, 0.4) is 0 Å². The van der Waals surface area contributed by atoms with Crippen molar-refractivity contribution >= 4 is 23.0 Å². The summed E-state index contributed by atoms with van der Waals surface area (Å²) >= 11 is 5.99. The van der Waals surface area contributed by atoms with Gasteiger partial charge in [0.15, 0.2) is 17.2 Å². The number of aromatic nitrogens is 2. The monoisotopic (exact) mass is 371 g/mol. The minimum absolute atomic E-state index is 0.121. The van der Waals surface area contributed by atoms with Crippen molar-refractivity contribution in [2.45, 2.75) is 19.4 Å². The van der Waals surface area contributed by atoms with Crippen LogP contribution in [0.25, 0.3) is 5.52 Å². The number of methoxy groups -OCH3 is 1. The molecule has 0 saturated carbocycles. The molecule has 2 aromatic heterocycles. The Morgan fingerprint density at radius 3 is 2.92 bits per heavy atom. The normalized spacial score (nSPS) is 16.6. The van der Waals surface area contributed by atoms with Crippen LogP contribution in [-0.4, -0.2) is 39.2 Å². The molecule has 1 aliphatic rings. The van der Waals surface area contributed by atoms with E-state index in [4.69, 9.17) is 16.3 Å². The first-order valence-electron chi connectivity index (χ1n) is 8.33. The third-order valence-corrected chi connectivity index (χ3v) is 5.11. The molecule has 3 aromatic rings. The van der Waals surface area contributed by atoms with E-state index in [0.717, 1.165) is 16.6 Å². The van der Waals surface area contributed by atoms with Gasteiger partial charge in [-0.2, -0.15) is 5.10 Å². The molecule has 1 amide bonds. The number of carbonyl (C=O) groups is 1. The van der Waals surface area contributed by atoms with Crippen molar-refractivity contribution in [1.29, 1.82) is 0 Å². The number of amides is 1. The lowest BCUT2D eigenvalue weighted by molar-refractivity contribution is 0.0671. The molecule has 0 aliphatic carbocycles. The van der Waals surface area contributed by atoms with Crippen molar-refractivity contribution in [3.8, 4) is 11.5 Å². The van der Waals surface area contributed by atoms with Crippen LogP contribution < -0.4 is 4.74 Å². The first-order valence-corrected chi connectivity index (χ1v) is 8.71. The molecular weight excluding hydrogens is 354 g/mol. The van der Waals surface area contributed by atoms with Gasteiger partial charge in [0.2, 0.25) is 0 Å². The molecule has 134 valence electrons. The highest BCUT2D eigenvalue weighted by Crippen LogP contribution is 2.37.